The molecule has 11 heteroatoms. The van der Waals surface area contributed by atoms with Crippen molar-refractivity contribution in [2.75, 3.05) is 77.0 Å². The van der Waals surface area contributed by atoms with Gasteiger partial charge < -0.3 is 19.9 Å². The lowest BCUT2D eigenvalue weighted by Crippen LogP contribution is -2.54. The lowest BCUT2D eigenvalue weighted by Gasteiger charge is -2.40. The van der Waals surface area contributed by atoms with Gasteiger partial charge in [-0.1, -0.05) is 0 Å². The number of nitrogens with zero attached hydrogens (tertiary/aromatic N) is 4. The van der Waals surface area contributed by atoms with Crippen LogP contribution < -0.4 is 15.5 Å². The number of ether oxygens (including phenoxy) is 1. The quantitative estimate of drug-likeness (QED) is 0.480. The van der Waals surface area contributed by atoms with Crippen molar-refractivity contribution in [2.45, 2.75) is 37.8 Å². The SMILES string of the molecule is O=C1CCC(N2C(=O)c3ccc(N4CCC(CN5CCN(C[C@H]6CNCCO6)CC5)CC4)cc3C2=O)C(=O)N1. The normalized spacial score (nSPS) is 27.7. The lowest BCUT2D eigenvalue weighted by molar-refractivity contribution is -0.136. The number of nitrogens with one attached hydrogen (secondary N) is 2. The number of imide groups is 2. The number of carbonyl (C=O) groups is 4. The summed E-state index contributed by atoms with van der Waals surface area (Å²) in [5.41, 5.74) is 1.61. The molecule has 210 valence electrons. The van der Waals surface area contributed by atoms with E-state index >= 15 is 0 Å². The Kier molecular flexibility index (Phi) is 7.66. The van der Waals surface area contributed by atoms with Gasteiger partial charge in [0.2, 0.25) is 11.8 Å². The Bertz CT molecular complexity index is 1120. The second-order valence-electron chi connectivity index (χ2n) is 11.4. The Morgan fingerprint density at radius 3 is 2.26 bits per heavy atom. The molecule has 6 rings (SSSR count). The molecule has 1 aromatic carbocycles. The van der Waals surface area contributed by atoms with Crippen LogP contribution in [-0.2, 0) is 14.3 Å². The number of morpholine rings is 1. The van der Waals surface area contributed by atoms with Crippen LogP contribution >= 0.6 is 0 Å². The fraction of sp³-hybridized carbons (Fsp3) is 0.643. The summed E-state index contributed by atoms with van der Waals surface area (Å²) in [4.78, 5) is 58.4. The van der Waals surface area contributed by atoms with E-state index in [1.807, 2.05) is 6.07 Å². The zero-order chi connectivity index (χ0) is 26.9. The van der Waals surface area contributed by atoms with Gasteiger partial charge >= 0.3 is 0 Å². The largest absolute Gasteiger partial charge is 0.374 e. The minimum absolute atomic E-state index is 0.118. The monoisotopic (exact) mass is 538 g/mol. The average molecular weight is 539 g/mol. The van der Waals surface area contributed by atoms with Crippen LogP contribution in [0.15, 0.2) is 18.2 Å². The Hall–Kier alpha value is -2.86. The third-order valence-corrected chi connectivity index (χ3v) is 8.85. The molecule has 1 unspecified atom stereocenters. The number of anilines is 1. The van der Waals surface area contributed by atoms with Crippen LogP contribution in [0.1, 0.15) is 46.4 Å². The molecule has 5 heterocycles. The minimum Gasteiger partial charge on any atom is -0.374 e. The average Bonchev–Trinajstić information content (AvgIpc) is 3.20. The highest BCUT2D eigenvalue weighted by Crippen LogP contribution is 2.32. The maximum Gasteiger partial charge on any atom is 0.262 e. The number of hydrogen-bond donors (Lipinski definition) is 2. The van der Waals surface area contributed by atoms with Crippen LogP contribution in [0.25, 0.3) is 0 Å². The highest BCUT2D eigenvalue weighted by Gasteiger charge is 2.44. The molecule has 11 nitrogen and oxygen atoms in total. The molecule has 0 spiro atoms. The number of rotatable bonds is 6. The Balaban J connectivity index is 0.995. The summed E-state index contributed by atoms with van der Waals surface area (Å²) in [6.07, 6.45) is 2.77. The van der Waals surface area contributed by atoms with Crippen molar-refractivity contribution in [3.63, 3.8) is 0 Å². The second-order valence-corrected chi connectivity index (χ2v) is 11.4. The molecule has 2 atom stereocenters. The topological polar surface area (TPSA) is 115 Å². The summed E-state index contributed by atoms with van der Waals surface area (Å²) >= 11 is 0. The molecule has 0 aliphatic carbocycles. The summed E-state index contributed by atoms with van der Waals surface area (Å²) in [5.74, 6) is -1.22. The number of amides is 4. The Labute approximate surface area is 228 Å². The van der Waals surface area contributed by atoms with Crippen molar-refractivity contribution in [3.8, 4) is 0 Å². The lowest BCUT2D eigenvalue weighted by atomic mass is 9.95. The summed E-state index contributed by atoms with van der Waals surface area (Å²) in [5, 5.41) is 5.66. The van der Waals surface area contributed by atoms with Crippen molar-refractivity contribution in [1.29, 1.82) is 0 Å². The Morgan fingerprint density at radius 2 is 1.56 bits per heavy atom. The van der Waals surface area contributed by atoms with Gasteiger partial charge in [-0.15, -0.1) is 0 Å². The van der Waals surface area contributed by atoms with Crippen molar-refractivity contribution in [2.24, 2.45) is 5.92 Å². The fourth-order valence-corrected chi connectivity index (χ4v) is 6.57. The van der Waals surface area contributed by atoms with Crippen LogP contribution in [0, 0.1) is 5.92 Å². The summed E-state index contributed by atoms with van der Waals surface area (Å²) < 4.78 is 5.86. The zero-order valence-electron chi connectivity index (χ0n) is 22.4. The van der Waals surface area contributed by atoms with E-state index in [1.54, 1.807) is 12.1 Å². The highest BCUT2D eigenvalue weighted by atomic mass is 16.5. The molecule has 39 heavy (non-hydrogen) atoms. The van der Waals surface area contributed by atoms with Crippen LogP contribution in [0.3, 0.4) is 0 Å². The molecule has 1 aromatic rings. The number of fused-ring (bicyclic) bond motifs is 1. The maximum atomic E-state index is 13.2. The number of benzene rings is 1. The van der Waals surface area contributed by atoms with E-state index in [1.165, 1.54) is 0 Å². The third-order valence-electron chi connectivity index (χ3n) is 8.85. The van der Waals surface area contributed by atoms with Crippen LogP contribution in [0.4, 0.5) is 5.69 Å². The van der Waals surface area contributed by atoms with Gasteiger partial charge in [0.15, 0.2) is 0 Å². The highest BCUT2D eigenvalue weighted by molar-refractivity contribution is 6.23. The van der Waals surface area contributed by atoms with Crippen molar-refractivity contribution in [3.05, 3.63) is 29.3 Å². The molecule has 2 N–H and O–H groups in total. The van der Waals surface area contributed by atoms with E-state index in [0.29, 0.717) is 23.1 Å². The smallest absolute Gasteiger partial charge is 0.262 e. The first-order valence-electron chi connectivity index (χ1n) is 14.3. The third kappa shape index (κ3) is 5.58. The van der Waals surface area contributed by atoms with E-state index in [0.717, 1.165) is 95.5 Å². The second kappa shape index (κ2) is 11.3. The summed E-state index contributed by atoms with van der Waals surface area (Å²) in [6.45, 7) is 11.1. The van der Waals surface area contributed by atoms with Crippen molar-refractivity contribution in [1.82, 2.24) is 25.3 Å². The van der Waals surface area contributed by atoms with Gasteiger partial charge in [0.25, 0.3) is 11.8 Å². The van der Waals surface area contributed by atoms with Crippen LogP contribution in [-0.4, -0.2) is 123 Å². The van der Waals surface area contributed by atoms with Crippen LogP contribution in [0.5, 0.6) is 0 Å². The first-order valence-corrected chi connectivity index (χ1v) is 14.3. The molecule has 0 radical (unpaired) electrons. The molecule has 4 amide bonds. The number of hydrogen-bond acceptors (Lipinski definition) is 9. The molecule has 5 aliphatic heterocycles. The van der Waals surface area contributed by atoms with E-state index in [9.17, 15) is 19.2 Å². The number of carbonyl (C=O) groups excluding carboxylic acids is 4. The first-order chi connectivity index (χ1) is 19.0. The molecular formula is C28H38N6O5. The van der Waals surface area contributed by atoms with E-state index < -0.39 is 23.8 Å². The predicted octanol–water partition coefficient (Wildman–Crippen LogP) is -0.0898. The van der Waals surface area contributed by atoms with E-state index in [-0.39, 0.29) is 18.7 Å². The molecule has 0 saturated carbocycles. The molecule has 4 saturated heterocycles. The van der Waals surface area contributed by atoms with Gasteiger partial charge in [0.05, 0.1) is 23.8 Å². The Morgan fingerprint density at radius 1 is 0.846 bits per heavy atom. The number of piperidine rings is 2. The van der Waals surface area contributed by atoms with Crippen molar-refractivity contribution >= 4 is 29.3 Å². The summed E-state index contributed by atoms with van der Waals surface area (Å²) in [6, 6.07) is 4.47. The molecule has 0 aromatic heterocycles. The molecule has 0 bridgehead atoms. The molecule has 5 aliphatic rings. The van der Waals surface area contributed by atoms with E-state index in [2.05, 4.69) is 25.3 Å². The van der Waals surface area contributed by atoms with Crippen molar-refractivity contribution < 1.29 is 23.9 Å². The van der Waals surface area contributed by atoms with Gasteiger partial charge in [0.1, 0.15) is 6.04 Å². The van der Waals surface area contributed by atoms with Gasteiger partial charge in [-0.25, -0.2) is 0 Å². The number of piperazine rings is 1. The molecular weight excluding hydrogens is 500 g/mol. The van der Waals surface area contributed by atoms with Gasteiger partial charge in [-0.2, -0.15) is 0 Å². The zero-order valence-corrected chi connectivity index (χ0v) is 22.4. The minimum atomic E-state index is -0.936. The maximum absolute atomic E-state index is 13.2. The molecule has 4 fully saturated rings. The predicted molar refractivity (Wildman–Crippen MR) is 144 cm³/mol. The fourth-order valence-electron chi connectivity index (χ4n) is 6.57. The van der Waals surface area contributed by atoms with Crippen LogP contribution in [0.2, 0.25) is 0 Å². The first kappa shape index (κ1) is 26.4. The summed E-state index contributed by atoms with van der Waals surface area (Å²) in [7, 11) is 0. The van der Waals surface area contributed by atoms with Gasteiger partial charge in [-0.3, -0.25) is 34.3 Å². The standard InChI is InChI=1S/C28H38N6O5/c35-25-4-3-24(26(36)30-25)34-27(37)22-2-1-20(15-23(22)28(34)38)33-8-5-19(6-9-33)17-31-10-12-32(13-11-31)18-21-16-29-7-14-39-21/h1-2,15,19,21,24,29H,3-14,16-18H2,(H,30,35,36)/t21-,24?/m1/s1. The van der Waals surface area contributed by atoms with E-state index in [4.69, 9.17) is 4.74 Å². The van der Waals surface area contributed by atoms with Gasteiger partial charge in [-0.05, 0) is 43.4 Å². The van der Waals surface area contributed by atoms with Gasteiger partial charge in [0, 0.05) is 77.6 Å².